The second-order valence-corrected chi connectivity index (χ2v) is 4.68. The minimum absolute atomic E-state index is 0. The van der Waals surface area contributed by atoms with Crippen molar-refractivity contribution in [3.8, 4) is 0 Å². The molecule has 0 spiro atoms. The Hall–Kier alpha value is 0.688. The summed E-state index contributed by atoms with van der Waals surface area (Å²) in [5, 5.41) is 0. The smallest absolute Gasteiger partial charge is 0 e. The van der Waals surface area contributed by atoms with Crippen molar-refractivity contribution < 1.29 is 21.1 Å². The van der Waals surface area contributed by atoms with E-state index < -0.39 is 0 Å². The van der Waals surface area contributed by atoms with Crippen LogP contribution in [0, 0.1) is 20.8 Å². The number of rotatable bonds is 9. The van der Waals surface area contributed by atoms with Gasteiger partial charge in [-0.3, -0.25) is 0 Å². The van der Waals surface area contributed by atoms with Gasteiger partial charge in [0.15, 0.2) is 0 Å². The quantitative estimate of drug-likeness (QED) is 0.257. The molecule has 0 nitrogen and oxygen atoms in total. The van der Waals surface area contributed by atoms with E-state index in [1.165, 1.54) is 57.8 Å². The molecule has 0 aromatic rings. The summed E-state index contributed by atoms with van der Waals surface area (Å²) < 4.78 is 0. The Morgan fingerprint density at radius 3 is 0.737 bits per heavy atom. The summed E-state index contributed by atoms with van der Waals surface area (Å²) in [4.78, 5) is 0. The van der Waals surface area contributed by atoms with Crippen LogP contribution in [0.2, 0.25) is 0 Å². The van der Waals surface area contributed by atoms with Crippen LogP contribution in [-0.4, -0.2) is 0 Å². The molecule has 0 atom stereocenters. The van der Waals surface area contributed by atoms with Gasteiger partial charge in [0.2, 0.25) is 0 Å². The zero-order valence-electron chi connectivity index (χ0n) is 13.9. The summed E-state index contributed by atoms with van der Waals surface area (Å²) in [7, 11) is 0. The molecule has 19 heavy (non-hydrogen) atoms. The van der Waals surface area contributed by atoms with Gasteiger partial charge in [0, 0.05) is 21.1 Å². The van der Waals surface area contributed by atoms with E-state index in [4.69, 9.17) is 0 Å². The van der Waals surface area contributed by atoms with Gasteiger partial charge in [-0.25, -0.2) is 0 Å². The number of hydrogen-bond donors (Lipinski definition) is 0. The summed E-state index contributed by atoms with van der Waals surface area (Å²) in [6.07, 6.45) is 15.2. The van der Waals surface area contributed by atoms with Crippen molar-refractivity contribution in [3.63, 3.8) is 0 Å². The summed E-state index contributed by atoms with van der Waals surface area (Å²) in [6, 6.07) is 0. The molecule has 0 bridgehead atoms. The van der Waals surface area contributed by atoms with Crippen molar-refractivity contribution in [2.75, 3.05) is 0 Å². The molecule has 0 aromatic heterocycles. The van der Waals surface area contributed by atoms with Crippen molar-refractivity contribution in [2.45, 2.75) is 97.8 Å². The zero-order chi connectivity index (χ0) is 14.5. The van der Waals surface area contributed by atoms with Gasteiger partial charge in [-0.2, -0.15) is 19.3 Å². The first kappa shape index (κ1) is 27.9. The van der Waals surface area contributed by atoms with E-state index in [1.54, 1.807) is 0 Å². The number of hydrogen-bond acceptors (Lipinski definition) is 0. The van der Waals surface area contributed by atoms with Gasteiger partial charge >= 0.3 is 0 Å². The van der Waals surface area contributed by atoms with Crippen LogP contribution in [0.5, 0.6) is 0 Å². The van der Waals surface area contributed by atoms with Gasteiger partial charge in [0.05, 0.1) is 0 Å². The van der Waals surface area contributed by atoms with Crippen LogP contribution in [0.1, 0.15) is 97.8 Å². The Morgan fingerprint density at radius 2 is 0.684 bits per heavy atom. The molecule has 0 saturated heterocycles. The predicted molar refractivity (Wildman–Crippen MR) is 88.5 cm³/mol. The van der Waals surface area contributed by atoms with Gasteiger partial charge in [-0.1, -0.05) is 78.6 Å². The predicted octanol–water partition coefficient (Wildman–Crippen LogP) is 7.20. The summed E-state index contributed by atoms with van der Waals surface area (Å²) in [6.45, 7) is 17.8. The molecule has 0 unspecified atom stereocenters. The summed E-state index contributed by atoms with van der Waals surface area (Å²) in [5.74, 6) is 0. The Balaban J connectivity index is -0.0000000865. The van der Waals surface area contributed by atoms with E-state index >= 15 is 0 Å². The molecular formula is C18H39Pt-3. The van der Waals surface area contributed by atoms with Crippen LogP contribution in [0.4, 0.5) is 0 Å². The molecule has 0 N–H and O–H groups in total. The van der Waals surface area contributed by atoms with Crippen molar-refractivity contribution >= 4 is 0 Å². The maximum atomic E-state index is 3.72. The van der Waals surface area contributed by atoms with Crippen molar-refractivity contribution in [3.05, 3.63) is 20.8 Å². The van der Waals surface area contributed by atoms with Gasteiger partial charge in [0.1, 0.15) is 0 Å². The second kappa shape index (κ2) is 36.3. The van der Waals surface area contributed by atoms with Crippen molar-refractivity contribution in [1.29, 1.82) is 0 Å². The van der Waals surface area contributed by atoms with Crippen LogP contribution < -0.4 is 0 Å². The van der Waals surface area contributed by atoms with Crippen LogP contribution in [0.3, 0.4) is 0 Å². The minimum Gasteiger partial charge on any atom is -0.343 e. The third-order valence-corrected chi connectivity index (χ3v) is 2.56. The topological polar surface area (TPSA) is 0 Å². The standard InChI is InChI=1S/3C6H13.Pt/c3*1-3-5-6-4-2;/h3*1,3-6H2,2H3;/q3*-1;. The first-order chi connectivity index (χ1) is 8.74. The molecule has 0 aliphatic heterocycles. The van der Waals surface area contributed by atoms with Crippen LogP contribution in [-0.2, 0) is 21.1 Å². The molecule has 0 heterocycles. The van der Waals surface area contributed by atoms with Crippen LogP contribution >= 0.6 is 0 Å². The van der Waals surface area contributed by atoms with Gasteiger partial charge in [-0.15, -0.1) is 0 Å². The van der Waals surface area contributed by atoms with Crippen molar-refractivity contribution in [2.24, 2.45) is 0 Å². The molecule has 0 rings (SSSR count). The zero-order valence-corrected chi connectivity index (χ0v) is 16.2. The van der Waals surface area contributed by atoms with E-state index in [0.717, 1.165) is 19.3 Å². The fourth-order valence-corrected chi connectivity index (χ4v) is 1.28. The SMILES string of the molecule is [CH2-]CCCCC.[CH2-]CCCCC.[CH2-]CCCCC.[Pt]. The first-order valence-corrected chi connectivity index (χ1v) is 8.12. The maximum absolute atomic E-state index is 3.72. The average Bonchev–Trinajstić information content (AvgIpc) is 2.42. The van der Waals surface area contributed by atoms with Crippen molar-refractivity contribution in [1.82, 2.24) is 0 Å². The minimum atomic E-state index is 0. The molecule has 124 valence electrons. The number of unbranched alkanes of at least 4 members (excludes halogenated alkanes) is 9. The average molecular weight is 451 g/mol. The summed E-state index contributed by atoms with van der Waals surface area (Å²) in [5.41, 5.74) is 0. The van der Waals surface area contributed by atoms with Gasteiger partial charge < -0.3 is 20.8 Å². The van der Waals surface area contributed by atoms with E-state index in [2.05, 4.69) is 41.5 Å². The monoisotopic (exact) mass is 450 g/mol. The van der Waals surface area contributed by atoms with E-state index in [9.17, 15) is 0 Å². The first-order valence-electron chi connectivity index (χ1n) is 8.12. The fourth-order valence-electron chi connectivity index (χ4n) is 1.28. The van der Waals surface area contributed by atoms with Crippen LogP contribution in [0.25, 0.3) is 0 Å². The van der Waals surface area contributed by atoms with Gasteiger partial charge in [-0.05, 0) is 0 Å². The van der Waals surface area contributed by atoms with E-state index in [0.29, 0.717) is 0 Å². The van der Waals surface area contributed by atoms with Crippen LogP contribution in [0.15, 0.2) is 0 Å². The molecule has 0 aliphatic rings. The Bertz CT molecular complexity index is 60.7. The maximum Gasteiger partial charge on any atom is 0 e. The largest absolute Gasteiger partial charge is 0.343 e. The second-order valence-electron chi connectivity index (χ2n) is 4.68. The molecule has 0 saturated carbocycles. The Labute approximate surface area is 139 Å². The summed E-state index contributed by atoms with van der Waals surface area (Å²) >= 11 is 0. The molecular weight excluding hydrogens is 411 g/mol. The molecule has 0 amide bonds. The third-order valence-electron chi connectivity index (χ3n) is 2.56. The fraction of sp³-hybridized carbons (Fsp3) is 0.833. The van der Waals surface area contributed by atoms with Gasteiger partial charge in [0.25, 0.3) is 0 Å². The molecule has 0 radical (unpaired) electrons. The molecule has 0 fully saturated rings. The molecule has 1 heteroatoms. The third kappa shape index (κ3) is 55.4. The van der Waals surface area contributed by atoms with E-state index in [1.807, 2.05) is 0 Å². The Kier molecular flexibility index (Phi) is 53.4. The molecule has 0 aromatic carbocycles. The Morgan fingerprint density at radius 1 is 0.474 bits per heavy atom. The van der Waals surface area contributed by atoms with E-state index in [-0.39, 0.29) is 21.1 Å². The normalized spacial score (nSPS) is 8.53. The molecule has 0 aliphatic carbocycles.